The molecular weight excluding hydrogens is 424 g/mol. The number of rotatable bonds is 8. The van der Waals surface area contributed by atoms with E-state index in [0.29, 0.717) is 29.6 Å². The van der Waals surface area contributed by atoms with Gasteiger partial charge in [0.15, 0.2) is 15.8 Å². The first-order chi connectivity index (χ1) is 15.2. The van der Waals surface area contributed by atoms with Gasteiger partial charge in [-0.1, -0.05) is 48.5 Å². The van der Waals surface area contributed by atoms with Crippen LogP contribution in [0.25, 0.3) is 16.3 Å². The van der Waals surface area contributed by atoms with Crippen LogP contribution in [-0.2, 0) is 6.61 Å². The molecule has 1 aromatic heterocycles. The van der Waals surface area contributed by atoms with Crippen LogP contribution in [0.5, 0.6) is 11.5 Å². The first kappa shape index (κ1) is 21.0. The van der Waals surface area contributed by atoms with Gasteiger partial charge >= 0.3 is 0 Å². The van der Waals surface area contributed by atoms with Crippen molar-refractivity contribution in [3.05, 3.63) is 88.8 Å². The van der Waals surface area contributed by atoms with Crippen LogP contribution in [0.15, 0.2) is 82.0 Å². The van der Waals surface area contributed by atoms with E-state index in [9.17, 15) is 5.26 Å². The molecule has 6 heteroatoms. The lowest BCUT2D eigenvalue weighted by molar-refractivity contribution is 0.269. The number of thiazole rings is 1. The topological polar surface area (TPSA) is 55.1 Å². The summed E-state index contributed by atoms with van der Waals surface area (Å²) in [6.45, 7) is 2.93. The van der Waals surface area contributed by atoms with Crippen molar-refractivity contribution in [2.45, 2.75) is 17.9 Å². The van der Waals surface area contributed by atoms with E-state index in [2.05, 4.69) is 11.1 Å². The Balaban J connectivity index is 1.53. The molecule has 1 heterocycles. The van der Waals surface area contributed by atoms with Gasteiger partial charge in [-0.25, -0.2) is 4.98 Å². The fourth-order valence-corrected chi connectivity index (χ4v) is 4.94. The van der Waals surface area contributed by atoms with E-state index in [-0.39, 0.29) is 0 Å². The molecule has 0 radical (unpaired) electrons. The molecule has 0 saturated carbocycles. The number of nitrogens with zero attached hydrogens (tertiary/aromatic N) is 2. The van der Waals surface area contributed by atoms with Gasteiger partial charge in [0.2, 0.25) is 0 Å². The number of aromatic nitrogens is 1. The molecule has 4 aromatic rings. The number of para-hydroxylation sites is 1. The summed E-state index contributed by atoms with van der Waals surface area (Å²) in [6, 6.07) is 26.0. The summed E-state index contributed by atoms with van der Waals surface area (Å²) in [6.07, 6.45) is 1.85. The van der Waals surface area contributed by atoms with Crippen LogP contribution < -0.4 is 9.47 Å². The highest BCUT2D eigenvalue weighted by atomic mass is 32.2. The van der Waals surface area contributed by atoms with Gasteiger partial charge in [0, 0.05) is 0 Å². The Hall–Kier alpha value is -3.27. The van der Waals surface area contributed by atoms with E-state index < -0.39 is 0 Å². The fraction of sp³-hybridized carbons (Fsp3) is 0.120. The first-order valence-electron chi connectivity index (χ1n) is 9.84. The summed E-state index contributed by atoms with van der Waals surface area (Å²) in [5.74, 6) is 1.34. The molecule has 0 bridgehead atoms. The lowest BCUT2D eigenvalue weighted by atomic mass is 10.2. The van der Waals surface area contributed by atoms with Crippen molar-refractivity contribution in [2.75, 3.05) is 6.61 Å². The molecule has 154 valence electrons. The third-order valence-electron chi connectivity index (χ3n) is 4.38. The molecule has 0 amide bonds. The Bertz CT molecular complexity index is 1210. The first-order valence-corrected chi connectivity index (χ1v) is 11.5. The molecule has 0 aliphatic heterocycles. The third-order valence-corrected chi connectivity index (χ3v) is 6.41. The molecule has 0 aliphatic rings. The predicted molar refractivity (Wildman–Crippen MR) is 127 cm³/mol. The largest absolute Gasteiger partial charge is 0.490 e. The van der Waals surface area contributed by atoms with Gasteiger partial charge in [0.05, 0.1) is 21.7 Å². The van der Waals surface area contributed by atoms with Gasteiger partial charge in [0.1, 0.15) is 12.7 Å². The minimum absolute atomic E-state index is 0.465. The van der Waals surface area contributed by atoms with Crippen molar-refractivity contribution in [1.29, 1.82) is 5.26 Å². The van der Waals surface area contributed by atoms with Gasteiger partial charge in [-0.05, 0) is 60.2 Å². The van der Waals surface area contributed by atoms with Crippen LogP contribution in [0.1, 0.15) is 18.1 Å². The second kappa shape index (κ2) is 10.2. The maximum absolute atomic E-state index is 9.64. The van der Waals surface area contributed by atoms with Crippen molar-refractivity contribution >= 4 is 39.4 Å². The number of nitriles is 1. The molecule has 0 saturated heterocycles. The van der Waals surface area contributed by atoms with Gasteiger partial charge in [-0.3, -0.25) is 0 Å². The molecule has 0 aliphatic carbocycles. The standard InChI is InChI=1S/C25H20N2O2S2/c1-2-28-23-15-19(12-13-22(23)29-17-18-8-4-3-5-9-18)14-20(16-26)30-25-27-21-10-6-7-11-24(21)31-25/h3-15H,2,17H2,1H3. The lowest BCUT2D eigenvalue weighted by Crippen LogP contribution is -1.99. The molecular formula is C25H20N2O2S2. The summed E-state index contributed by atoms with van der Waals surface area (Å²) in [4.78, 5) is 5.17. The number of fused-ring (bicyclic) bond motifs is 1. The van der Waals surface area contributed by atoms with Crippen molar-refractivity contribution in [1.82, 2.24) is 4.98 Å². The number of hydrogen-bond acceptors (Lipinski definition) is 6. The Morgan fingerprint density at radius 3 is 2.61 bits per heavy atom. The van der Waals surface area contributed by atoms with Crippen LogP contribution in [0.4, 0.5) is 0 Å². The van der Waals surface area contributed by atoms with Gasteiger partial charge in [0.25, 0.3) is 0 Å². The molecule has 0 fully saturated rings. The van der Waals surface area contributed by atoms with Crippen LogP contribution in [0.2, 0.25) is 0 Å². The van der Waals surface area contributed by atoms with E-state index in [1.165, 1.54) is 11.8 Å². The highest BCUT2D eigenvalue weighted by molar-refractivity contribution is 8.05. The fourth-order valence-electron chi connectivity index (χ4n) is 2.96. The summed E-state index contributed by atoms with van der Waals surface area (Å²) < 4.78 is 13.7. The molecule has 4 rings (SSSR count). The van der Waals surface area contributed by atoms with Gasteiger partial charge < -0.3 is 9.47 Å². The number of thioether (sulfide) groups is 1. The number of hydrogen-bond donors (Lipinski definition) is 0. The summed E-state index contributed by atoms with van der Waals surface area (Å²) in [5.41, 5.74) is 2.92. The van der Waals surface area contributed by atoms with Crippen LogP contribution >= 0.6 is 23.1 Å². The average molecular weight is 445 g/mol. The Kier molecular flexibility index (Phi) is 6.88. The highest BCUT2D eigenvalue weighted by Gasteiger charge is 2.10. The quantitative estimate of drug-likeness (QED) is 0.218. The number of benzene rings is 3. The molecule has 0 N–H and O–H groups in total. The molecule has 4 nitrogen and oxygen atoms in total. The molecule has 0 spiro atoms. The summed E-state index contributed by atoms with van der Waals surface area (Å²) in [7, 11) is 0. The summed E-state index contributed by atoms with van der Waals surface area (Å²) >= 11 is 2.96. The summed E-state index contributed by atoms with van der Waals surface area (Å²) in [5, 5.41) is 9.64. The molecule has 31 heavy (non-hydrogen) atoms. The highest BCUT2D eigenvalue weighted by Crippen LogP contribution is 2.35. The molecule has 0 unspecified atom stereocenters. The minimum atomic E-state index is 0.465. The Morgan fingerprint density at radius 1 is 1.03 bits per heavy atom. The van der Waals surface area contributed by atoms with Crippen LogP contribution in [-0.4, -0.2) is 11.6 Å². The minimum Gasteiger partial charge on any atom is -0.490 e. The van der Waals surface area contributed by atoms with Crippen LogP contribution in [0, 0.1) is 11.3 Å². The third kappa shape index (κ3) is 5.46. The van der Waals surface area contributed by atoms with E-state index in [1.54, 1.807) is 11.3 Å². The van der Waals surface area contributed by atoms with E-state index >= 15 is 0 Å². The molecule has 3 aromatic carbocycles. The van der Waals surface area contributed by atoms with Crippen molar-refractivity contribution < 1.29 is 9.47 Å². The van der Waals surface area contributed by atoms with E-state index in [1.807, 2.05) is 85.8 Å². The van der Waals surface area contributed by atoms with Crippen LogP contribution in [0.3, 0.4) is 0 Å². The smallest absolute Gasteiger partial charge is 0.161 e. The lowest BCUT2D eigenvalue weighted by Gasteiger charge is -2.13. The normalized spacial score (nSPS) is 11.3. The second-order valence-electron chi connectivity index (χ2n) is 6.58. The van der Waals surface area contributed by atoms with Crippen molar-refractivity contribution in [3.63, 3.8) is 0 Å². The van der Waals surface area contributed by atoms with Gasteiger partial charge in [-0.15, -0.1) is 11.3 Å². The SMILES string of the molecule is CCOc1cc(C=C(C#N)Sc2nc3ccccc3s2)ccc1OCc1ccccc1. The Morgan fingerprint density at radius 2 is 1.84 bits per heavy atom. The maximum Gasteiger partial charge on any atom is 0.161 e. The number of ether oxygens (including phenoxy) is 2. The zero-order valence-corrected chi connectivity index (χ0v) is 18.6. The van der Waals surface area contributed by atoms with E-state index in [4.69, 9.17) is 9.47 Å². The Labute approximate surface area is 189 Å². The van der Waals surface area contributed by atoms with E-state index in [0.717, 1.165) is 25.7 Å². The predicted octanol–water partition coefficient (Wildman–Crippen LogP) is 6.93. The van der Waals surface area contributed by atoms with Gasteiger partial charge in [-0.2, -0.15) is 5.26 Å². The second-order valence-corrected chi connectivity index (χ2v) is 8.90. The zero-order chi connectivity index (χ0) is 21.5. The zero-order valence-electron chi connectivity index (χ0n) is 16.9. The average Bonchev–Trinajstić information content (AvgIpc) is 3.21. The monoisotopic (exact) mass is 444 g/mol. The van der Waals surface area contributed by atoms with Crippen molar-refractivity contribution in [3.8, 4) is 17.6 Å². The number of allylic oxidation sites excluding steroid dienone is 1. The molecule has 0 atom stereocenters. The maximum atomic E-state index is 9.64. The van der Waals surface area contributed by atoms with Crippen molar-refractivity contribution in [2.24, 2.45) is 0 Å².